The Morgan fingerprint density at radius 2 is 1.96 bits per heavy atom. The molecule has 2 fully saturated rings. The number of benzene rings is 1. The molecule has 0 spiro atoms. The minimum atomic E-state index is 0.118. The maximum absolute atomic E-state index is 12.8. The van der Waals surface area contributed by atoms with E-state index in [0.29, 0.717) is 11.7 Å². The van der Waals surface area contributed by atoms with Crippen LogP contribution < -0.4 is 0 Å². The van der Waals surface area contributed by atoms with Crippen molar-refractivity contribution in [2.75, 3.05) is 46.3 Å². The second-order valence-electron chi connectivity index (χ2n) is 7.30. The van der Waals surface area contributed by atoms with E-state index < -0.39 is 0 Å². The number of hydrogen-bond acceptors (Lipinski definition) is 3. The van der Waals surface area contributed by atoms with Crippen molar-refractivity contribution in [1.82, 2.24) is 19.7 Å². The minimum Gasteiger partial charge on any atom is -0.351 e. The first-order valence-electron chi connectivity index (χ1n) is 9.10. The molecule has 6 heteroatoms. The molecule has 1 N–H and O–H groups in total. The Morgan fingerprint density at radius 3 is 2.72 bits per heavy atom. The Morgan fingerprint density at radius 1 is 1.16 bits per heavy atom. The van der Waals surface area contributed by atoms with E-state index in [0.717, 1.165) is 48.1 Å². The molecule has 3 heterocycles. The summed E-state index contributed by atoms with van der Waals surface area (Å²) in [6.07, 6.45) is 2.57. The maximum atomic E-state index is 12.8. The van der Waals surface area contributed by atoms with Crippen LogP contribution in [-0.4, -0.2) is 77.9 Å². The van der Waals surface area contributed by atoms with E-state index in [-0.39, 0.29) is 5.91 Å². The number of hydrogen-bond donors (Lipinski definition) is 1. The van der Waals surface area contributed by atoms with Crippen molar-refractivity contribution < 1.29 is 4.79 Å². The fourth-order valence-electron chi connectivity index (χ4n) is 4.12. The SMILES string of the molecule is CN1CCCC(N2CCN(C(=O)c3cc4cc(Br)ccc4[nH]3)CC2)C1. The lowest BCUT2D eigenvalue weighted by atomic mass is 10.0. The molecule has 0 saturated carbocycles. The number of piperazine rings is 1. The molecular formula is C19H25BrN4O. The largest absolute Gasteiger partial charge is 0.351 e. The van der Waals surface area contributed by atoms with E-state index in [1.54, 1.807) is 0 Å². The number of aromatic amines is 1. The van der Waals surface area contributed by atoms with Crippen molar-refractivity contribution in [3.8, 4) is 0 Å². The number of carbonyl (C=O) groups is 1. The number of amides is 1. The van der Waals surface area contributed by atoms with Gasteiger partial charge >= 0.3 is 0 Å². The highest BCUT2D eigenvalue weighted by molar-refractivity contribution is 9.10. The summed E-state index contributed by atoms with van der Waals surface area (Å²) in [5.41, 5.74) is 1.70. The molecule has 1 unspecified atom stereocenters. The standard InChI is InChI=1S/C19H25BrN4O/c1-22-6-2-3-16(13-22)23-7-9-24(10-8-23)19(25)18-12-14-11-15(20)4-5-17(14)21-18/h4-5,11-12,16,21H,2-3,6-10,13H2,1H3. The van der Waals surface area contributed by atoms with E-state index in [2.05, 4.69) is 37.8 Å². The molecule has 1 aromatic carbocycles. The van der Waals surface area contributed by atoms with Crippen molar-refractivity contribution in [2.24, 2.45) is 0 Å². The molecule has 4 rings (SSSR count). The average molecular weight is 405 g/mol. The zero-order valence-corrected chi connectivity index (χ0v) is 16.3. The molecule has 1 amide bonds. The number of fused-ring (bicyclic) bond motifs is 1. The predicted octanol–water partition coefficient (Wildman–Crippen LogP) is 2.78. The number of piperidine rings is 1. The first-order valence-corrected chi connectivity index (χ1v) is 9.89. The van der Waals surface area contributed by atoms with Crippen LogP contribution in [-0.2, 0) is 0 Å². The number of aromatic nitrogens is 1. The highest BCUT2D eigenvalue weighted by Crippen LogP contribution is 2.22. The van der Waals surface area contributed by atoms with Crippen molar-refractivity contribution in [1.29, 1.82) is 0 Å². The molecule has 134 valence electrons. The average Bonchev–Trinajstić information content (AvgIpc) is 3.04. The molecular weight excluding hydrogens is 380 g/mol. The molecule has 2 aromatic rings. The fraction of sp³-hybridized carbons (Fsp3) is 0.526. The van der Waals surface area contributed by atoms with Gasteiger partial charge in [0.05, 0.1) is 0 Å². The Labute approximate surface area is 157 Å². The molecule has 2 saturated heterocycles. The Hall–Kier alpha value is -1.37. The number of rotatable bonds is 2. The summed E-state index contributed by atoms with van der Waals surface area (Å²) in [6, 6.07) is 8.66. The number of halogens is 1. The summed E-state index contributed by atoms with van der Waals surface area (Å²) < 4.78 is 1.03. The van der Waals surface area contributed by atoms with Crippen LogP contribution in [0.3, 0.4) is 0 Å². The van der Waals surface area contributed by atoms with Gasteiger partial charge in [-0.1, -0.05) is 15.9 Å². The Balaban J connectivity index is 1.40. The lowest BCUT2D eigenvalue weighted by Gasteiger charge is -2.42. The van der Waals surface area contributed by atoms with Gasteiger partial charge in [0.15, 0.2) is 0 Å². The van der Waals surface area contributed by atoms with Gasteiger partial charge in [-0.05, 0) is 50.7 Å². The summed E-state index contributed by atoms with van der Waals surface area (Å²) in [6.45, 7) is 5.97. The number of likely N-dealkylation sites (tertiary alicyclic amines) is 1. The van der Waals surface area contributed by atoms with E-state index in [1.165, 1.54) is 19.4 Å². The van der Waals surface area contributed by atoms with Crippen LogP contribution in [0.1, 0.15) is 23.3 Å². The molecule has 1 aromatic heterocycles. The first-order chi connectivity index (χ1) is 12.1. The van der Waals surface area contributed by atoms with Crippen molar-refractivity contribution in [3.05, 3.63) is 34.4 Å². The molecule has 0 aliphatic carbocycles. The van der Waals surface area contributed by atoms with Gasteiger partial charge in [-0.3, -0.25) is 9.69 Å². The topological polar surface area (TPSA) is 42.6 Å². The smallest absolute Gasteiger partial charge is 0.270 e. The van der Waals surface area contributed by atoms with Crippen LogP contribution in [0.4, 0.5) is 0 Å². The highest BCUT2D eigenvalue weighted by atomic mass is 79.9. The Kier molecular flexibility index (Phi) is 4.84. The van der Waals surface area contributed by atoms with Crippen molar-refractivity contribution in [3.63, 3.8) is 0 Å². The number of nitrogens with one attached hydrogen (secondary N) is 1. The lowest BCUT2D eigenvalue weighted by molar-refractivity contribution is 0.0449. The number of nitrogens with zero attached hydrogens (tertiary/aromatic N) is 3. The van der Waals surface area contributed by atoms with E-state index in [1.807, 2.05) is 29.2 Å². The monoisotopic (exact) mass is 404 g/mol. The van der Waals surface area contributed by atoms with Crippen LogP contribution >= 0.6 is 15.9 Å². The number of H-pyrrole nitrogens is 1. The minimum absolute atomic E-state index is 0.118. The van der Waals surface area contributed by atoms with E-state index in [4.69, 9.17) is 0 Å². The van der Waals surface area contributed by atoms with Gasteiger partial charge in [-0.15, -0.1) is 0 Å². The number of likely N-dealkylation sites (N-methyl/N-ethyl adjacent to an activating group) is 1. The third-order valence-corrected chi connectivity index (χ3v) is 6.02. The third kappa shape index (κ3) is 3.61. The van der Waals surface area contributed by atoms with E-state index in [9.17, 15) is 4.79 Å². The Bertz CT molecular complexity index is 766. The maximum Gasteiger partial charge on any atom is 0.270 e. The predicted molar refractivity (Wildman–Crippen MR) is 104 cm³/mol. The molecule has 25 heavy (non-hydrogen) atoms. The van der Waals surface area contributed by atoms with Gasteiger partial charge < -0.3 is 14.8 Å². The van der Waals surface area contributed by atoms with Crippen LogP contribution in [0.15, 0.2) is 28.7 Å². The van der Waals surface area contributed by atoms with E-state index >= 15 is 0 Å². The zero-order chi connectivity index (χ0) is 17.4. The van der Waals surface area contributed by atoms with Crippen LogP contribution in [0.25, 0.3) is 10.9 Å². The van der Waals surface area contributed by atoms with Crippen LogP contribution in [0.5, 0.6) is 0 Å². The molecule has 0 bridgehead atoms. The van der Waals surface area contributed by atoms with Crippen LogP contribution in [0, 0.1) is 0 Å². The zero-order valence-electron chi connectivity index (χ0n) is 14.7. The van der Waals surface area contributed by atoms with Gasteiger partial charge in [0.2, 0.25) is 0 Å². The van der Waals surface area contributed by atoms with Gasteiger partial charge in [-0.25, -0.2) is 0 Å². The van der Waals surface area contributed by atoms with Gasteiger partial charge in [-0.2, -0.15) is 0 Å². The second kappa shape index (κ2) is 7.09. The quantitative estimate of drug-likeness (QED) is 0.836. The fourth-order valence-corrected chi connectivity index (χ4v) is 4.50. The molecule has 2 aliphatic heterocycles. The third-order valence-electron chi connectivity index (χ3n) is 5.53. The van der Waals surface area contributed by atoms with Crippen molar-refractivity contribution in [2.45, 2.75) is 18.9 Å². The lowest BCUT2D eigenvalue weighted by Crippen LogP contribution is -2.55. The van der Waals surface area contributed by atoms with Gasteiger partial charge in [0.25, 0.3) is 5.91 Å². The normalized spacial score (nSPS) is 23.3. The summed E-state index contributed by atoms with van der Waals surface area (Å²) in [5, 5.41) is 1.07. The molecule has 5 nitrogen and oxygen atoms in total. The van der Waals surface area contributed by atoms with Crippen LogP contribution in [0.2, 0.25) is 0 Å². The molecule has 2 aliphatic rings. The summed E-state index contributed by atoms with van der Waals surface area (Å²) in [5.74, 6) is 0.118. The van der Waals surface area contributed by atoms with Gasteiger partial charge in [0.1, 0.15) is 5.69 Å². The van der Waals surface area contributed by atoms with Crippen molar-refractivity contribution >= 4 is 32.7 Å². The second-order valence-corrected chi connectivity index (χ2v) is 8.22. The van der Waals surface area contributed by atoms with Gasteiger partial charge in [0, 0.05) is 54.1 Å². The molecule has 1 atom stereocenters. The highest BCUT2D eigenvalue weighted by Gasteiger charge is 2.29. The number of carbonyl (C=O) groups excluding carboxylic acids is 1. The summed E-state index contributed by atoms with van der Waals surface area (Å²) >= 11 is 3.49. The molecule has 0 radical (unpaired) electrons. The summed E-state index contributed by atoms with van der Waals surface area (Å²) in [7, 11) is 2.21. The first kappa shape index (κ1) is 17.1. The summed E-state index contributed by atoms with van der Waals surface area (Å²) in [4.78, 5) is 23.1.